The van der Waals surface area contributed by atoms with Crippen LogP contribution < -0.4 is 5.32 Å². The molecule has 0 heterocycles. The quantitative estimate of drug-likeness (QED) is 0.811. The molecule has 0 fully saturated rings. The molecule has 0 radical (unpaired) electrons. The zero-order valence-corrected chi connectivity index (χ0v) is 14.0. The first-order valence-corrected chi connectivity index (χ1v) is 7.26. The lowest BCUT2D eigenvalue weighted by molar-refractivity contribution is 0.00918. The van der Waals surface area contributed by atoms with Crippen molar-refractivity contribution in [2.75, 3.05) is 14.2 Å². The van der Waals surface area contributed by atoms with Crippen LogP contribution in [0.5, 0.6) is 0 Å². The van der Waals surface area contributed by atoms with Gasteiger partial charge in [0.05, 0.1) is 5.60 Å². The Morgan fingerprint density at radius 1 is 1.30 bits per heavy atom. The number of carbonyl (C=O) groups is 1. The van der Waals surface area contributed by atoms with Crippen LogP contribution in [-0.2, 0) is 11.3 Å². The molecule has 0 aliphatic carbocycles. The second-order valence-corrected chi connectivity index (χ2v) is 6.25. The van der Waals surface area contributed by atoms with E-state index >= 15 is 0 Å². The van der Waals surface area contributed by atoms with Crippen molar-refractivity contribution in [2.45, 2.75) is 45.4 Å². The van der Waals surface area contributed by atoms with Gasteiger partial charge in [0.1, 0.15) is 0 Å². The highest BCUT2D eigenvalue weighted by Crippen LogP contribution is 2.17. The van der Waals surface area contributed by atoms with Crippen molar-refractivity contribution in [3.8, 4) is 0 Å². The number of methoxy groups -OCH3 is 1. The van der Waals surface area contributed by atoms with E-state index in [0.29, 0.717) is 6.42 Å². The van der Waals surface area contributed by atoms with E-state index in [1.54, 1.807) is 7.11 Å². The van der Waals surface area contributed by atoms with E-state index in [1.807, 2.05) is 20.8 Å². The number of amides is 2. The Morgan fingerprint density at radius 3 is 2.30 bits per heavy atom. The number of nitrogens with zero attached hydrogens (tertiary/aromatic N) is 1. The minimum absolute atomic E-state index is 0.0413. The molecule has 130 valence electrons. The molecule has 1 atom stereocenters. The van der Waals surface area contributed by atoms with Gasteiger partial charge in [-0.05, 0) is 44.9 Å². The van der Waals surface area contributed by atoms with Crippen LogP contribution in [0.25, 0.3) is 0 Å². The third kappa shape index (κ3) is 5.74. The average Bonchev–Trinajstić information content (AvgIpc) is 2.43. The molecular formula is C16H23F3N2O2. The van der Waals surface area contributed by atoms with E-state index in [1.165, 1.54) is 11.9 Å². The standard InChI is InChI=1S/C16H23F3N2O2/c1-10(8-16(2,3)23-5)20-15(22)21(4)9-11-6-12(17)14(19)13(18)7-11/h6-7,10H,8-9H2,1-5H3,(H,20,22)/t10-/m1/s1. The molecule has 0 unspecified atom stereocenters. The van der Waals surface area contributed by atoms with Crippen LogP contribution >= 0.6 is 0 Å². The normalized spacial score (nSPS) is 12.9. The number of benzene rings is 1. The summed E-state index contributed by atoms with van der Waals surface area (Å²) in [4.78, 5) is 13.3. The van der Waals surface area contributed by atoms with Gasteiger partial charge in [0.25, 0.3) is 0 Å². The molecule has 0 aliphatic heterocycles. The summed E-state index contributed by atoms with van der Waals surface area (Å²) in [6.07, 6.45) is 0.600. The minimum atomic E-state index is -1.52. The monoisotopic (exact) mass is 332 g/mol. The summed E-state index contributed by atoms with van der Waals surface area (Å²) in [5.74, 6) is -4.07. The molecule has 0 saturated heterocycles. The summed E-state index contributed by atoms with van der Waals surface area (Å²) in [5, 5.41) is 2.78. The fourth-order valence-corrected chi connectivity index (χ4v) is 2.24. The molecule has 4 nitrogen and oxygen atoms in total. The van der Waals surface area contributed by atoms with E-state index in [9.17, 15) is 18.0 Å². The van der Waals surface area contributed by atoms with Crippen LogP contribution in [0.15, 0.2) is 12.1 Å². The van der Waals surface area contributed by atoms with Gasteiger partial charge in [-0.1, -0.05) is 0 Å². The molecule has 7 heteroatoms. The molecule has 0 bridgehead atoms. The van der Waals surface area contributed by atoms with Gasteiger partial charge < -0.3 is 15.0 Å². The third-order valence-corrected chi connectivity index (χ3v) is 3.53. The van der Waals surface area contributed by atoms with Crippen LogP contribution in [0.4, 0.5) is 18.0 Å². The van der Waals surface area contributed by atoms with E-state index < -0.39 is 23.5 Å². The highest BCUT2D eigenvalue weighted by atomic mass is 19.2. The van der Waals surface area contributed by atoms with Gasteiger partial charge in [0, 0.05) is 26.7 Å². The van der Waals surface area contributed by atoms with Crippen LogP contribution in [0.1, 0.15) is 32.8 Å². The fraction of sp³-hybridized carbons (Fsp3) is 0.562. The summed E-state index contributed by atoms with van der Waals surface area (Å²) in [6, 6.07) is 1.20. The molecule has 0 aromatic heterocycles. The zero-order chi connectivity index (χ0) is 17.8. The van der Waals surface area contributed by atoms with Crippen molar-refractivity contribution >= 4 is 6.03 Å². The van der Waals surface area contributed by atoms with E-state index in [-0.39, 0.29) is 23.8 Å². The van der Waals surface area contributed by atoms with Gasteiger partial charge in [0.2, 0.25) is 0 Å². The predicted molar refractivity (Wildman–Crippen MR) is 81.5 cm³/mol. The van der Waals surface area contributed by atoms with Crippen molar-refractivity contribution < 1.29 is 22.7 Å². The second kappa shape index (κ2) is 7.68. The Balaban J connectivity index is 2.64. The smallest absolute Gasteiger partial charge is 0.317 e. The molecule has 1 rings (SSSR count). The molecule has 0 spiro atoms. The number of hydrogen-bond acceptors (Lipinski definition) is 2. The maximum atomic E-state index is 13.2. The highest BCUT2D eigenvalue weighted by Gasteiger charge is 2.22. The SMILES string of the molecule is COC(C)(C)C[C@@H](C)NC(=O)N(C)Cc1cc(F)c(F)c(F)c1. The van der Waals surface area contributed by atoms with E-state index in [2.05, 4.69) is 5.32 Å². The number of rotatable bonds is 6. The molecule has 1 aromatic carbocycles. The van der Waals surface area contributed by atoms with Gasteiger partial charge in [0.15, 0.2) is 17.5 Å². The van der Waals surface area contributed by atoms with Crippen molar-refractivity contribution in [1.29, 1.82) is 0 Å². The van der Waals surface area contributed by atoms with Gasteiger partial charge in [-0.3, -0.25) is 0 Å². The van der Waals surface area contributed by atoms with Gasteiger partial charge in [-0.2, -0.15) is 0 Å². The number of carbonyl (C=O) groups excluding carboxylic acids is 1. The Morgan fingerprint density at radius 2 is 1.83 bits per heavy atom. The van der Waals surface area contributed by atoms with Gasteiger partial charge in [-0.25, -0.2) is 18.0 Å². The number of urea groups is 1. The van der Waals surface area contributed by atoms with E-state index in [4.69, 9.17) is 4.74 Å². The average molecular weight is 332 g/mol. The first kappa shape index (κ1) is 19.3. The molecular weight excluding hydrogens is 309 g/mol. The number of nitrogens with one attached hydrogen (secondary N) is 1. The third-order valence-electron chi connectivity index (χ3n) is 3.53. The van der Waals surface area contributed by atoms with Crippen LogP contribution in [-0.4, -0.2) is 36.7 Å². The summed E-state index contributed by atoms with van der Waals surface area (Å²) in [7, 11) is 3.08. The van der Waals surface area contributed by atoms with Crippen LogP contribution in [0, 0.1) is 17.5 Å². The fourth-order valence-electron chi connectivity index (χ4n) is 2.24. The highest BCUT2D eigenvalue weighted by molar-refractivity contribution is 5.74. The molecule has 23 heavy (non-hydrogen) atoms. The maximum absolute atomic E-state index is 13.2. The minimum Gasteiger partial charge on any atom is -0.379 e. The summed E-state index contributed by atoms with van der Waals surface area (Å²) < 4.78 is 44.6. The lowest BCUT2D eigenvalue weighted by Gasteiger charge is -2.28. The number of halogens is 3. The van der Waals surface area contributed by atoms with Crippen LogP contribution in [0.3, 0.4) is 0 Å². The summed E-state index contributed by atoms with van der Waals surface area (Å²) in [6.45, 7) is 5.61. The van der Waals surface area contributed by atoms with E-state index in [0.717, 1.165) is 12.1 Å². The molecule has 0 saturated carbocycles. The van der Waals surface area contributed by atoms with Crippen molar-refractivity contribution in [1.82, 2.24) is 10.2 Å². The van der Waals surface area contributed by atoms with Crippen molar-refractivity contribution in [3.05, 3.63) is 35.1 Å². The Kier molecular flexibility index (Phi) is 6.44. The Labute approximate surface area is 134 Å². The van der Waals surface area contributed by atoms with Crippen LogP contribution in [0.2, 0.25) is 0 Å². The lowest BCUT2D eigenvalue weighted by Crippen LogP contribution is -2.44. The lowest BCUT2D eigenvalue weighted by atomic mass is 10.00. The van der Waals surface area contributed by atoms with Gasteiger partial charge >= 0.3 is 6.03 Å². The first-order valence-electron chi connectivity index (χ1n) is 7.26. The Hall–Kier alpha value is -1.76. The van der Waals surface area contributed by atoms with Gasteiger partial charge in [-0.15, -0.1) is 0 Å². The number of hydrogen-bond donors (Lipinski definition) is 1. The molecule has 0 aliphatic rings. The maximum Gasteiger partial charge on any atom is 0.317 e. The zero-order valence-electron chi connectivity index (χ0n) is 14.0. The van der Waals surface area contributed by atoms with Crippen molar-refractivity contribution in [3.63, 3.8) is 0 Å². The topological polar surface area (TPSA) is 41.6 Å². The molecule has 1 aromatic rings. The number of ether oxygens (including phenoxy) is 1. The Bertz CT molecular complexity index is 541. The largest absolute Gasteiger partial charge is 0.379 e. The predicted octanol–water partition coefficient (Wildman–Crippen LogP) is 3.45. The molecule has 1 N–H and O–H groups in total. The molecule has 2 amide bonds. The first-order chi connectivity index (χ1) is 10.6. The summed E-state index contributed by atoms with van der Waals surface area (Å²) >= 11 is 0. The second-order valence-electron chi connectivity index (χ2n) is 6.25. The van der Waals surface area contributed by atoms with Crippen molar-refractivity contribution in [2.24, 2.45) is 0 Å². The summed E-state index contributed by atoms with van der Waals surface area (Å²) in [5.41, 5.74) is -0.210.